The largest absolute Gasteiger partial charge is 0.497 e. The summed E-state index contributed by atoms with van der Waals surface area (Å²) in [5.74, 6) is 1.85. The Morgan fingerprint density at radius 1 is 1.29 bits per heavy atom. The molecule has 0 unspecified atom stereocenters. The van der Waals surface area contributed by atoms with Gasteiger partial charge in [0.25, 0.3) is 0 Å². The molecule has 0 bridgehead atoms. The van der Waals surface area contributed by atoms with Gasteiger partial charge in [0, 0.05) is 6.42 Å². The summed E-state index contributed by atoms with van der Waals surface area (Å²) in [4.78, 5) is 4.58. The molecule has 110 valence electrons. The molecule has 0 spiro atoms. The molecule has 0 atom stereocenters. The summed E-state index contributed by atoms with van der Waals surface area (Å²) in [6.45, 7) is 2.78. The lowest BCUT2D eigenvalue weighted by Crippen LogP contribution is -2.31. The van der Waals surface area contributed by atoms with Crippen LogP contribution in [0, 0.1) is 0 Å². The zero-order valence-electron chi connectivity index (χ0n) is 12.2. The van der Waals surface area contributed by atoms with Crippen molar-refractivity contribution in [2.45, 2.75) is 26.2 Å². The maximum atomic E-state index is 5.19. The van der Waals surface area contributed by atoms with Gasteiger partial charge in [0.1, 0.15) is 11.6 Å². The molecule has 0 amide bonds. The maximum Gasteiger partial charge on any atom is 0.209 e. The van der Waals surface area contributed by atoms with Crippen molar-refractivity contribution >= 4 is 28.7 Å². The minimum absolute atomic E-state index is 0.599. The summed E-state index contributed by atoms with van der Waals surface area (Å²) in [7, 11) is 1.67. The van der Waals surface area contributed by atoms with E-state index in [-0.39, 0.29) is 0 Å². The van der Waals surface area contributed by atoms with Crippen molar-refractivity contribution in [3.05, 3.63) is 29.8 Å². The highest BCUT2D eigenvalue weighted by Gasteiger charge is 2.28. The number of nitrogens with zero attached hydrogens (tertiary/aromatic N) is 4. The molecule has 2 heterocycles. The molecular weight excluding hydrogens is 284 g/mol. The Hall–Kier alpha value is -1.82. The number of aliphatic imine (C=N–C) groups is 1. The molecule has 21 heavy (non-hydrogen) atoms. The number of ether oxygens (including phenoxy) is 1. The molecule has 1 aromatic rings. The van der Waals surface area contributed by atoms with E-state index in [0.717, 1.165) is 47.3 Å². The number of hydrogen-bond acceptors (Lipinski definition) is 6. The van der Waals surface area contributed by atoms with Crippen molar-refractivity contribution < 1.29 is 4.74 Å². The Bertz CT molecular complexity index is 607. The Kier molecular flexibility index (Phi) is 4.24. The van der Waals surface area contributed by atoms with Crippen molar-refractivity contribution in [1.29, 1.82) is 0 Å². The Morgan fingerprint density at radius 2 is 2.10 bits per heavy atom. The van der Waals surface area contributed by atoms with E-state index in [2.05, 4.69) is 16.3 Å². The number of rotatable bonds is 5. The van der Waals surface area contributed by atoms with E-state index in [1.807, 2.05) is 29.3 Å². The van der Waals surface area contributed by atoms with Crippen molar-refractivity contribution in [2.75, 3.05) is 13.7 Å². The number of hydrazone groups is 1. The summed E-state index contributed by atoms with van der Waals surface area (Å²) < 4.78 is 9.66. The molecular formula is C15H18N4OS. The van der Waals surface area contributed by atoms with E-state index < -0.39 is 0 Å². The third kappa shape index (κ3) is 2.95. The van der Waals surface area contributed by atoms with E-state index in [4.69, 9.17) is 9.84 Å². The Labute approximate surface area is 128 Å². The lowest BCUT2D eigenvalue weighted by Gasteiger charge is -2.20. The van der Waals surface area contributed by atoms with Gasteiger partial charge in [0.15, 0.2) is 0 Å². The lowest BCUT2D eigenvalue weighted by molar-refractivity contribution is 0.415. The van der Waals surface area contributed by atoms with Crippen LogP contribution in [-0.4, -0.2) is 35.4 Å². The fraction of sp³-hybridized carbons (Fsp3) is 0.400. The standard InChI is InChI=1S/C15H18N4OS/c1-3-4-5-14-18-21-15-16-10-13(17-19(14)15)11-6-8-12(20-2)9-7-11/h6-9H,3-5,10H2,1-2H3. The molecule has 3 rings (SSSR count). The normalized spacial score (nSPS) is 17.0. The van der Waals surface area contributed by atoms with Crippen LogP contribution in [0.1, 0.15) is 31.7 Å². The first-order valence-electron chi connectivity index (χ1n) is 7.12. The van der Waals surface area contributed by atoms with Crippen LogP contribution in [0.5, 0.6) is 5.75 Å². The quantitative estimate of drug-likeness (QED) is 0.784. The maximum absolute atomic E-state index is 5.19. The van der Waals surface area contributed by atoms with Gasteiger partial charge < -0.3 is 4.74 Å². The topological polar surface area (TPSA) is 49.6 Å². The van der Waals surface area contributed by atoms with Gasteiger partial charge in [0.05, 0.1) is 31.3 Å². The van der Waals surface area contributed by atoms with Crippen LogP contribution in [0.25, 0.3) is 0 Å². The third-order valence-corrected chi connectivity index (χ3v) is 4.19. The number of methoxy groups -OCH3 is 1. The van der Waals surface area contributed by atoms with Crippen LogP contribution < -0.4 is 4.74 Å². The summed E-state index contributed by atoms with van der Waals surface area (Å²) in [5.41, 5.74) is 2.04. The average molecular weight is 302 g/mol. The van der Waals surface area contributed by atoms with Crippen LogP contribution in [0.15, 0.2) is 38.8 Å². The number of amidine groups is 2. The fourth-order valence-electron chi connectivity index (χ4n) is 2.19. The SMILES string of the molecule is CCCCC1=NSC2=NCC(c3ccc(OC)cc3)=NN12. The van der Waals surface area contributed by atoms with E-state index in [9.17, 15) is 0 Å². The van der Waals surface area contributed by atoms with Crippen LogP contribution in [0.3, 0.4) is 0 Å². The van der Waals surface area contributed by atoms with Gasteiger partial charge in [-0.15, -0.1) is 0 Å². The predicted octanol–water partition coefficient (Wildman–Crippen LogP) is 3.32. The molecule has 6 heteroatoms. The van der Waals surface area contributed by atoms with Crippen LogP contribution in [0.2, 0.25) is 0 Å². The van der Waals surface area contributed by atoms with E-state index >= 15 is 0 Å². The van der Waals surface area contributed by atoms with Gasteiger partial charge in [0.2, 0.25) is 5.17 Å². The second-order valence-electron chi connectivity index (χ2n) is 4.89. The van der Waals surface area contributed by atoms with E-state index in [1.165, 1.54) is 11.9 Å². The fourth-order valence-corrected chi connectivity index (χ4v) is 2.89. The number of benzene rings is 1. The second kappa shape index (κ2) is 6.30. The van der Waals surface area contributed by atoms with Gasteiger partial charge in [-0.25, -0.2) is 0 Å². The zero-order chi connectivity index (χ0) is 14.7. The predicted molar refractivity (Wildman–Crippen MR) is 88.2 cm³/mol. The molecule has 0 aromatic heterocycles. The number of unbranched alkanes of at least 4 members (excludes halogenated alkanes) is 1. The molecule has 0 saturated carbocycles. The monoisotopic (exact) mass is 302 g/mol. The van der Waals surface area contributed by atoms with Crippen molar-refractivity contribution in [2.24, 2.45) is 14.5 Å². The molecule has 2 aliphatic heterocycles. The highest BCUT2D eigenvalue weighted by atomic mass is 32.2. The summed E-state index contributed by atoms with van der Waals surface area (Å²) in [5, 5.41) is 7.51. The van der Waals surface area contributed by atoms with Crippen molar-refractivity contribution in [3.63, 3.8) is 0 Å². The highest BCUT2D eigenvalue weighted by molar-refractivity contribution is 8.13. The van der Waals surface area contributed by atoms with Gasteiger partial charge in [-0.05, 0) is 36.2 Å². The van der Waals surface area contributed by atoms with Gasteiger partial charge in [-0.3, -0.25) is 4.99 Å². The van der Waals surface area contributed by atoms with Gasteiger partial charge >= 0.3 is 0 Å². The molecule has 2 aliphatic rings. The summed E-state index contributed by atoms with van der Waals surface area (Å²) >= 11 is 1.42. The Morgan fingerprint density at radius 3 is 2.81 bits per heavy atom. The van der Waals surface area contributed by atoms with Gasteiger partial charge in [-0.1, -0.05) is 13.3 Å². The molecule has 5 nitrogen and oxygen atoms in total. The van der Waals surface area contributed by atoms with E-state index in [1.54, 1.807) is 7.11 Å². The number of fused-ring (bicyclic) bond motifs is 1. The van der Waals surface area contributed by atoms with Crippen molar-refractivity contribution in [3.8, 4) is 5.75 Å². The first-order valence-corrected chi connectivity index (χ1v) is 7.89. The highest BCUT2D eigenvalue weighted by Crippen LogP contribution is 2.26. The molecule has 0 radical (unpaired) electrons. The van der Waals surface area contributed by atoms with E-state index in [0.29, 0.717) is 6.54 Å². The van der Waals surface area contributed by atoms with Crippen molar-refractivity contribution in [1.82, 2.24) is 5.01 Å². The molecule has 0 fully saturated rings. The second-order valence-corrected chi connectivity index (χ2v) is 5.62. The van der Waals surface area contributed by atoms with Crippen LogP contribution >= 0.6 is 11.9 Å². The van der Waals surface area contributed by atoms with Crippen LogP contribution in [0.4, 0.5) is 0 Å². The number of hydrogen-bond donors (Lipinski definition) is 0. The summed E-state index contributed by atoms with van der Waals surface area (Å²) in [6.07, 6.45) is 3.22. The first kappa shape index (κ1) is 14.1. The Balaban J connectivity index is 1.80. The first-order chi connectivity index (χ1) is 10.3. The molecule has 0 saturated heterocycles. The zero-order valence-corrected chi connectivity index (χ0v) is 13.1. The lowest BCUT2D eigenvalue weighted by atomic mass is 10.1. The minimum atomic E-state index is 0.599. The third-order valence-electron chi connectivity index (χ3n) is 3.42. The smallest absolute Gasteiger partial charge is 0.209 e. The summed E-state index contributed by atoms with van der Waals surface area (Å²) in [6, 6.07) is 7.93. The average Bonchev–Trinajstić information content (AvgIpc) is 2.95. The minimum Gasteiger partial charge on any atom is -0.497 e. The molecule has 0 N–H and O–H groups in total. The van der Waals surface area contributed by atoms with Crippen LogP contribution in [-0.2, 0) is 0 Å². The van der Waals surface area contributed by atoms with Gasteiger partial charge in [-0.2, -0.15) is 14.5 Å². The molecule has 0 aliphatic carbocycles. The molecule has 1 aromatic carbocycles.